The molecule has 2 N–H and O–H groups in total. The van der Waals surface area contributed by atoms with Gasteiger partial charge in [-0.1, -0.05) is 17.7 Å². The van der Waals surface area contributed by atoms with Crippen molar-refractivity contribution < 1.29 is 27.1 Å². The van der Waals surface area contributed by atoms with E-state index < -0.39 is 15.3 Å². The topological polar surface area (TPSA) is 150 Å². The van der Waals surface area contributed by atoms with Gasteiger partial charge >= 0.3 is 0 Å². The number of methoxy groups -OCH3 is 2. The number of rotatable bonds is 10. The van der Waals surface area contributed by atoms with Gasteiger partial charge in [0.25, 0.3) is 0 Å². The van der Waals surface area contributed by atoms with E-state index in [2.05, 4.69) is 25.2 Å². The minimum absolute atomic E-state index is 0.0285. The van der Waals surface area contributed by atoms with Crippen molar-refractivity contribution in [3.63, 3.8) is 0 Å². The molecule has 1 aromatic carbocycles. The van der Waals surface area contributed by atoms with E-state index in [9.17, 15) is 13.2 Å². The number of halogens is 1. The highest BCUT2D eigenvalue weighted by atomic mass is 35.5. The normalized spacial score (nSPS) is 12.1. The Morgan fingerprint density at radius 3 is 2.47 bits per heavy atom. The number of para-hydroxylation sites is 1. The highest BCUT2D eigenvalue weighted by Crippen LogP contribution is 2.38. The molecule has 0 bridgehead atoms. The van der Waals surface area contributed by atoms with Crippen LogP contribution in [0.1, 0.15) is 19.5 Å². The lowest BCUT2D eigenvalue weighted by atomic mass is 10.2. The molecule has 1 atom stereocenters. The Morgan fingerprint density at radius 1 is 1.16 bits per heavy atom. The Hall–Kier alpha value is -4.10. The predicted molar refractivity (Wildman–Crippen MR) is 141 cm³/mol. The van der Waals surface area contributed by atoms with E-state index in [1.54, 1.807) is 30.3 Å². The molecule has 1 amide bonds. The molecule has 4 rings (SSSR count). The number of nitrogens with one attached hydrogen (secondary N) is 2. The molecular formula is C24H25ClN6O6S. The lowest BCUT2D eigenvalue weighted by molar-refractivity contribution is -0.114. The predicted octanol–water partition coefficient (Wildman–Crippen LogP) is 3.92. The number of sulfonamides is 1. The van der Waals surface area contributed by atoms with Crippen molar-refractivity contribution in [2.45, 2.75) is 25.5 Å². The Balaban J connectivity index is 1.75. The summed E-state index contributed by atoms with van der Waals surface area (Å²) >= 11 is 6.01. The zero-order valence-electron chi connectivity index (χ0n) is 20.9. The fourth-order valence-electron chi connectivity index (χ4n) is 3.72. The van der Waals surface area contributed by atoms with Gasteiger partial charge in [0.2, 0.25) is 27.7 Å². The molecule has 0 fully saturated rings. The number of carbonyl (C=O) groups excluding carboxylic acids is 1. The van der Waals surface area contributed by atoms with Crippen molar-refractivity contribution in [3.05, 3.63) is 59.6 Å². The molecule has 0 radical (unpaired) electrons. The van der Waals surface area contributed by atoms with Crippen LogP contribution in [0.25, 0.3) is 17.3 Å². The summed E-state index contributed by atoms with van der Waals surface area (Å²) < 4.78 is 47.5. The molecular weight excluding hydrogens is 536 g/mol. The van der Waals surface area contributed by atoms with Crippen LogP contribution in [0, 0.1) is 0 Å². The van der Waals surface area contributed by atoms with Gasteiger partial charge in [0.15, 0.2) is 5.76 Å². The van der Waals surface area contributed by atoms with E-state index in [4.69, 9.17) is 25.5 Å². The smallest absolute Gasteiger partial charge is 0.243 e. The molecule has 38 heavy (non-hydrogen) atoms. The number of amides is 1. The molecule has 3 heterocycles. The number of benzene rings is 1. The highest BCUT2D eigenvalue weighted by molar-refractivity contribution is 7.93. The van der Waals surface area contributed by atoms with Gasteiger partial charge in [-0.2, -0.15) is 0 Å². The molecule has 4 aromatic rings. The summed E-state index contributed by atoms with van der Waals surface area (Å²) in [6, 6.07) is 9.97. The highest BCUT2D eigenvalue weighted by Gasteiger charge is 2.29. The molecule has 0 spiro atoms. The van der Waals surface area contributed by atoms with Gasteiger partial charge in [0.05, 0.1) is 42.1 Å². The number of aromatic nitrogens is 4. The maximum Gasteiger partial charge on any atom is 0.243 e. The number of carbonyl (C=O) groups is 1. The van der Waals surface area contributed by atoms with Gasteiger partial charge in [-0.25, -0.2) is 8.42 Å². The fraction of sp³-hybridized carbons (Fsp3) is 0.250. The van der Waals surface area contributed by atoms with Crippen LogP contribution < -0.4 is 19.5 Å². The van der Waals surface area contributed by atoms with Crippen molar-refractivity contribution in [2.75, 3.05) is 24.3 Å². The van der Waals surface area contributed by atoms with E-state index in [1.165, 1.54) is 51.2 Å². The number of hydrogen-bond acceptors (Lipinski definition) is 9. The third-order valence-electron chi connectivity index (χ3n) is 5.52. The molecule has 0 aliphatic rings. The largest absolute Gasteiger partial charge is 0.494 e. The molecule has 3 aromatic heterocycles. The minimum Gasteiger partial charge on any atom is -0.494 e. The number of hydrogen-bond donors (Lipinski definition) is 2. The summed E-state index contributed by atoms with van der Waals surface area (Å²) in [6.07, 6.45) is 2.82. The second-order valence-electron chi connectivity index (χ2n) is 8.16. The van der Waals surface area contributed by atoms with Crippen molar-refractivity contribution >= 4 is 39.2 Å². The summed E-state index contributed by atoms with van der Waals surface area (Å²) in [5, 5.41) is 10.2. The number of furan rings is 1. The number of anilines is 2. The van der Waals surface area contributed by atoms with Gasteiger partial charge in [-0.3, -0.25) is 19.1 Å². The first-order valence-electron chi connectivity index (χ1n) is 11.3. The first-order chi connectivity index (χ1) is 18.1. The number of nitrogens with zero attached hydrogens (tertiary/aromatic N) is 4. The minimum atomic E-state index is -4.06. The number of pyridine rings is 1. The van der Waals surface area contributed by atoms with Crippen LogP contribution in [0.15, 0.2) is 53.3 Å². The molecule has 12 nitrogen and oxygen atoms in total. The van der Waals surface area contributed by atoms with Crippen LogP contribution in [0.5, 0.6) is 11.5 Å². The third kappa shape index (κ3) is 5.58. The molecule has 14 heteroatoms. The Morgan fingerprint density at radius 2 is 1.87 bits per heavy atom. The Labute approximate surface area is 224 Å². The van der Waals surface area contributed by atoms with Crippen molar-refractivity contribution in [1.82, 2.24) is 19.7 Å². The van der Waals surface area contributed by atoms with E-state index >= 15 is 0 Å². The van der Waals surface area contributed by atoms with Crippen molar-refractivity contribution in [1.29, 1.82) is 0 Å². The van der Waals surface area contributed by atoms with E-state index in [0.717, 1.165) is 0 Å². The molecule has 0 saturated heterocycles. The summed E-state index contributed by atoms with van der Waals surface area (Å²) in [5.74, 6) is 0.877. The van der Waals surface area contributed by atoms with Gasteiger partial charge in [-0.15, -0.1) is 10.2 Å². The van der Waals surface area contributed by atoms with Crippen LogP contribution in [0.3, 0.4) is 0 Å². The third-order valence-corrected chi connectivity index (χ3v) is 7.42. The average Bonchev–Trinajstić information content (AvgIpc) is 3.54. The van der Waals surface area contributed by atoms with Gasteiger partial charge < -0.3 is 19.2 Å². The summed E-state index contributed by atoms with van der Waals surface area (Å²) in [4.78, 5) is 15.8. The first-order valence-corrected chi connectivity index (χ1v) is 13.2. The van der Waals surface area contributed by atoms with Crippen molar-refractivity contribution in [3.8, 4) is 28.8 Å². The summed E-state index contributed by atoms with van der Waals surface area (Å²) in [6.45, 7) is 2.84. The number of ether oxygens (including phenoxy) is 2. The summed E-state index contributed by atoms with van der Waals surface area (Å²) in [5.41, 5.74) is 1.05. The maximum absolute atomic E-state index is 13.5. The van der Waals surface area contributed by atoms with E-state index in [-0.39, 0.29) is 24.1 Å². The molecule has 0 saturated carbocycles. The molecule has 0 unspecified atom stereocenters. The van der Waals surface area contributed by atoms with Crippen LogP contribution >= 0.6 is 11.6 Å². The maximum atomic E-state index is 13.5. The average molecular weight is 561 g/mol. The van der Waals surface area contributed by atoms with E-state index in [1.807, 2.05) is 0 Å². The molecule has 0 aliphatic heterocycles. The second-order valence-corrected chi connectivity index (χ2v) is 10.7. The SMILES string of the molecule is COc1cccc(OC)c1-n1c(NS(=O)(=O)[C@H](C)Cc2ncc(Cl)cc2NC(C)=O)nnc1-c1ccco1. The Kier molecular flexibility index (Phi) is 7.88. The van der Waals surface area contributed by atoms with Gasteiger partial charge in [0, 0.05) is 19.5 Å². The second kappa shape index (κ2) is 11.1. The lowest BCUT2D eigenvalue weighted by Gasteiger charge is -2.19. The first kappa shape index (κ1) is 26.9. The van der Waals surface area contributed by atoms with Crippen LogP contribution in [0.4, 0.5) is 11.6 Å². The zero-order chi connectivity index (χ0) is 27.4. The van der Waals surface area contributed by atoms with Crippen LogP contribution in [-0.2, 0) is 21.2 Å². The lowest BCUT2D eigenvalue weighted by Crippen LogP contribution is -2.29. The fourth-order valence-corrected chi connectivity index (χ4v) is 4.84. The zero-order valence-corrected chi connectivity index (χ0v) is 22.5. The molecule has 0 aliphatic carbocycles. The van der Waals surface area contributed by atoms with Gasteiger partial charge in [-0.05, 0) is 37.3 Å². The van der Waals surface area contributed by atoms with Crippen LogP contribution in [-0.4, -0.2) is 53.5 Å². The van der Waals surface area contributed by atoms with Crippen molar-refractivity contribution in [2.24, 2.45) is 0 Å². The standard InChI is InChI=1S/C24H25ClN6O6S/c1-14(11-17-18(27-15(2)32)12-16(25)13-26-17)38(33,34)30-24-29-28-23(21-9-6-10-37-21)31(24)22-19(35-3)7-5-8-20(22)36-4/h5-10,12-14H,11H2,1-4H3,(H,27,32)(H,29,30)/t14-/m1/s1. The van der Waals surface area contributed by atoms with Crippen LogP contribution in [0.2, 0.25) is 5.02 Å². The summed E-state index contributed by atoms with van der Waals surface area (Å²) in [7, 11) is -1.11. The van der Waals surface area contributed by atoms with E-state index in [0.29, 0.717) is 39.4 Å². The van der Waals surface area contributed by atoms with Gasteiger partial charge in [0.1, 0.15) is 17.2 Å². The quantitative estimate of drug-likeness (QED) is 0.294. The monoisotopic (exact) mass is 560 g/mol. The Bertz CT molecular complexity index is 1530. The molecule has 200 valence electrons.